The largest absolute Gasteiger partial charge is 0.444 e. The summed E-state index contributed by atoms with van der Waals surface area (Å²) in [5.41, 5.74) is -0.602. The van der Waals surface area contributed by atoms with Gasteiger partial charge in [0.05, 0.1) is 19.2 Å². The highest BCUT2D eigenvalue weighted by Gasteiger charge is 2.23. The number of amides is 1. The molecule has 2 N–H and O–H groups in total. The maximum atomic E-state index is 11.6. The van der Waals surface area contributed by atoms with Gasteiger partial charge in [-0.25, -0.2) is 4.79 Å². The number of hydrogen-bond donors (Lipinski definition) is 2. The Morgan fingerprint density at radius 3 is 2.05 bits per heavy atom. The van der Waals surface area contributed by atoms with E-state index in [4.69, 9.17) is 9.84 Å². The van der Waals surface area contributed by atoms with E-state index >= 15 is 0 Å². The number of nitrogens with zero attached hydrogens (tertiary/aromatic N) is 1. The van der Waals surface area contributed by atoms with Gasteiger partial charge in [-0.1, -0.05) is 20.8 Å². The van der Waals surface area contributed by atoms with E-state index in [1.807, 2.05) is 13.8 Å². The molecular weight excluding hydrogens is 262 g/mol. The molecule has 0 aromatic rings. The summed E-state index contributed by atoms with van der Waals surface area (Å²) in [7, 11) is 1.00. The van der Waals surface area contributed by atoms with Crippen LogP contribution in [-0.4, -0.2) is 59.4 Å². The van der Waals surface area contributed by atoms with E-state index in [9.17, 15) is 14.7 Å². The first kappa shape index (κ1) is 23.9. The third kappa shape index (κ3) is 14.9. The summed E-state index contributed by atoms with van der Waals surface area (Å²) in [4.78, 5) is 23.3. The zero-order chi connectivity index (χ0) is 16.8. The standard InChI is InChI=1S/C11H21NO4.C2H6.CH4O/c1-5-9(14)8-12(6-7-13)10(15)16-11(2,3)4;2*1-2/h7,9,14H,5-6,8H2,1-4H3;1-2H3;2H,1H3. The van der Waals surface area contributed by atoms with Gasteiger partial charge < -0.3 is 19.7 Å². The van der Waals surface area contributed by atoms with E-state index in [0.717, 1.165) is 7.11 Å². The minimum absolute atomic E-state index is 0.0635. The fourth-order valence-corrected chi connectivity index (χ4v) is 1.02. The lowest BCUT2D eigenvalue weighted by molar-refractivity contribution is -0.109. The van der Waals surface area contributed by atoms with E-state index in [-0.39, 0.29) is 13.1 Å². The van der Waals surface area contributed by atoms with Crippen LogP contribution in [0, 0.1) is 0 Å². The molecule has 1 amide bonds. The maximum absolute atomic E-state index is 11.6. The Morgan fingerprint density at radius 2 is 1.75 bits per heavy atom. The van der Waals surface area contributed by atoms with Crippen molar-refractivity contribution in [3.63, 3.8) is 0 Å². The minimum Gasteiger partial charge on any atom is -0.444 e. The molecule has 0 saturated carbocycles. The van der Waals surface area contributed by atoms with Gasteiger partial charge in [-0.05, 0) is 27.2 Å². The lowest BCUT2D eigenvalue weighted by Crippen LogP contribution is -2.41. The van der Waals surface area contributed by atoms with Crippen molar-refractivity contribution < 1.29 is 24.5 Å². The van der Waals surface area contributed by atoms with Crippen LogP contribution in [0.15, 0.2) is 0 Å². The Bertz CT molecular complexity index is 238. The van der Waals surface area contributed by atoms with Gasteiger partial charge in [-0.15, -0.1) is 0 Å². The number of ether oxygens (including phenoxy) is 1. The van der Waals surface area contributed by atoms with Gasteiger partial charge in [0.15, 0.2) is 0 Å². The van der Waals surface area contributed by atoms with Gasteiger partial charge >= 0.3 is 6.09 Å². The summed E-state index contributed by atoms with van der Waals surface area (Å²) >= 11 is 0. The molecule has 0 bridgehead atoms. The molecule has 0 spiro atoms. The zero-order valence-corrected chi connectivity index (χ0v) is 13.8. The van der Waals surface area contributed by atoms with Gasteiger partial charge in [0.2, 0.25) is 0 Å². The van der Waals surface area contributed by atoms with Crippen molar-refractivity contribution in [1.29, 1.82) is 0 Å². The number of carbonyl (C=O) groups is 2. The summed E-state index contributed by atoms with van der Waals surface area (Å²) in [5, 5.41) is 16.4. The van der Waals surface area contributed by atoms with Crippen LogP contribution >= 0.6 is 0 Å². The van der Waals surface area contributed by atoms with Crippen LogP contribution in [0.1, 0.15) is 48.0 Å². The number of aliphatic hydroxyl groups excluding tert-OH is 2. The smallest absolute Gasteiger partial charge is 0.410 e. The summed E-state index contributed by atoms with van der Waals surface area (Å²) in [6.45, 7) is 11.1. The zero-order valence-electron chi connectivity index (χ0n) is 13.8. The predicted molar refractivity (Wildman–Crippen MR) is 79.7 cm³/mol. The molecule has 0 heterocycles. The Labute approximate surface area is 122 Å². The quantitative estimate of drug-likeness (QED) is 0.755. The number of carbonyl (C=O) groups excluding carboxylic acids is 2. The molecule has 20 heavy (non-hydrogen) atoms. The van der Waals surface area contributed by atoms with Crippen LogP contribution in [-0.2, 0) is 9.53 Å². The van der Waals surface area contributed by atoms with Crippen molar-refractivity contribution in [3.8, 4) is 0 Å². The molecule has 0 fully saturated rings. The van der Waals surface area contributed by atoms with Crippen molar-refractivity contribution in [1.82, 2.24) is 4.90 Å². The normalized spacial score (nSPS) is 11.1. The molecule has 122 valence electrons. The molecule has 1 atom stereocenters. The summed E-state index contributed by atoms with van der Waals surface area (Å²) in [5.74, 6) is 0. The van der Waals surface area contributed by atoms with E-state index in [2.05, 4.69) is 0 Å². The molecular formula is C14H31NO5. The van der Waals surface area contributed by atoms with Gasteiger partial charge in [0, 0.05) is 7.11 Å². The van der Waals surface area contributed by atoms with Gasteiger partial charge in [-0.2, -0.15) is 0 Å². The van der Waals surface area contributed by atoms with E-state index < -0.39 is 17.8 Å². The molecule has 1 unspecified atom stereocenters. The fourth-order valence-electron chi connectivity index (χ4n) is 1.02. The topological polar surface area (TPSA) is 87.1 Å². The molecule has 0 aromatic heterocycles. The molecule has 0 saturated heterocycles. The molecule has 0 aliphatic heterocycles. The van der Waals surface area contributed by atoms with Gasteiger partial charge in [0.25, 0.3) is 0 Å². The highest BCUT2D eigenvalue weighted by molar-refractivity contribution is 5.71. The number of aliphatic hydroxyl groups is 2. The lowest BCUT2D eigenvalue weighted by Gasteiger charge is -2.27. The van der Waals surface area contributed by atoms with E-state index in [0.29, 0.717) is 12.7 Å². The second-order valence-electron chi connectivity index (χ2n) is 4.61. The Hall–Kier alpha value is -1.14. The number of aldehydes is 1. The second kappa shape index (κ2) is 14.3. The molecule has 6 nitrogen and oxygen atoms in total. The molecule has 0 rings (SSSR count). The summed E-state index contributed by atoms with van der Waals surface area (Å²) in [6.07, 6.45) is -0.0654. The van der Waals surface area contributed by atoms with Crippen LogP contribution in [0.25, 0.3) is 0 Å². The van der Waals surface area contributed by atoms with Crippen molar-refractivity contribution in [2.75, 3.05) is 20.2 Å². The van der Waals surface area contributed by atoms with Crippen LogP contribution in [0.2, 0.25) is 0 Å². The van der Waals surface area contributed by atoms with Crippen LogP contribution in [0.4, 0.5) is 4.79 Å². The maximum Gasteiger partial charge on any atom is 0.410 e. The monoisotopic (exact) mass is 293 g/mol. The number of hydrogen-bond acceptors (Lipinski definition) is 5. The minimum atomic E-state index is -0.632. The molecule has 0 radical (unpaired) electrons. The molecule has 0 aliphatic carbocycles. The number of rotatable bonds is 5. The van der Waals surface area contributed by atoms with E-state index in [1.54, 1.807) is 27.7 Å². The average molecular weight is 293 g/mol. The third-order valence-corrected chi connectivity index (χ3v) is 1.85. The van der Waals surface area contributed by atoms with Gasteiger partial charge in [0.1, 0.15) is 11.9 Å². The molecule has 6 heteroatoms. The Balaban J connectivity index is -0.000000656. The SMILES string of the molecule is CC.CCC(O)CN(CC=O)C(=O)OC(C)(C)C.CO. The first-order valence-electron chi connectivity index (χ1n) is 6.84. The van der Waals surface area contributed by atoms with Crippen molar-refractivity contribution in [2.24, 2.45) is 0 Å². The highest BCUT2D eigenvalue weighted by atomic mass is 16.6. The highest BCUT2D eigenvalue weighted by Crippen LogP contribution is 2.10. The fraction of sp³-hybridized carbons (Fsp3) is 0.857. The van der Waals surface area contributed by atoms with Crippen LogP contribution < -0.4 is 0 Å². The van der Waals surface area contributed by atoms with Gasteiger partial charge in [-0.3, -0.25) is 4.90 Å². The summed E-state index contributed by atoms with van der Waals surface area (Å²) in [6, 6.07) is 0. The average Bonchev–Trinajstić information content (AvgIpc) is 2.40. The van der Waals surface area contributed by atoms with E-state index in [1.165, 1.54) is 4.90 Å². The molecule has 0 aliphatic rings. The van der Waals surface area contributed by atoms with Crippen molar-refractivity contribution >= 4 is 12.4 Å². The van der Waals surface area contributed by atoms with Crippen LogP contribution in [0.3, 0.4) is 0 Å². The second-order valence-corrected chi connectivity index (χ2v) is 4.61. The first-order chi connectivity index (χ1) is 9.30. The lowest BCUT2D eigenvalue weighted by atomic mass is 10.2. The van der Waals surface area contributed by atoms with Crippen molar-refractivity contribution in [3.05, 3.63) is 0 Å². The third-order valence-electron chi connectivity index (χ3n) is 1.85. The summed E-state index contributed by atoms with van der Waals surface area (Å²) < 4.78 is 5.11. The molecule has 0 aromatic carbocycles. The predicted octanol–water partition coefficient (Wildman–Crippen LogP) is 1.83. The first-order valence-corrected chi connectivity index (χ1v) is 6.84. The van der Waals surface area contributed by atoms with Crippen molar-refractivity contribution in [2.45, 2.75) is 59.7 Å². The van der Waals surface area contributed by atoms with Crippen LogP contribution in [0.5, 0.6) is 0 Å². The Morgan fingerprint density at radius 1 is 1.30 bits per heavy atom. The Kier molecular flexibility index (Phi) is 17.1.